The largest absolute Gasteiger partial charge is 0.352 e. The van der Waals surface area contributed by atoms with E-state index in [2.05, 4.69) is 5.32 Å². The maximum Gasteiger partial charge on any atom is 0.264 e. The van der Waals surface area contributed by atoms with E-state index in [4.69, 9.17) is 11.6 Å². The smallest absolute Gasteiger partial charge is 0.264 e. The van der Waals surface area contributed by atoms with Gasteiger partial charge in [-0.15, -0.1) is 0 Å². The summed E-state index contributed by atoms with van der Waals surface area (Å²) in [5, 5.41) is 3.20. The van der Waals surface area contributed by atoms with E-state index in [1.54, 1.807) is 36.4 Å². The topological polar surface area (TPSA) is 66.5 Å². The van der Waals surface area contributed by atoms with E-state index in [-0.39, 0.29) is 23.4 Å². The van der Waals surface area contributed by atoms with Gasteiger partial charge in [0.15, 0.2) is 0 Å². The van der Waals surface area contributed by atoms with Crippen LogP contribution < -0.4 is 9.62 Å². The SMILES string of the molecule is Cc1ccc(S(=O)(=O)N(CC(=O)NC(C)C)c2ccc(Cl)cc2)cc1. The van der Waals surface area contributed by atoms with Crippen molar-refractivity contribution in [3.05, 3.63) is 59.1 Å². The molecule has 1 amide bonds. The molecule has 0 aliphatic carbocycles. The summed E-state index contributed by atoms with van der Waals surface area (Å²) in [6, 6.07) is 12.8. The first-order valence-corrected chi connectivity index (χ1v) is 9.66. The Kier molecular flexibility index (Phi) is 6.08. The molecule has 0 saturated heterocycles. The second-order valence-corrected chi connectivity index (χ2v) is 8.32. The van der Waals surface area contributed by atoms with Crippen LogP contribution in [-0.2, 0) is 14.8 Å². The Balaban J connectivity index is 2.44. The van der Waals surface area contributed by atoms with Crippen molar-refractivity contribution in [2.45, 2.75) is 31.7 Å². The van der Waals surface area contributed by atoms with Crippen LogP contribution >= 0.6 is 11.6 Å². The fraction of sp³-hybridized carbons (Fsp3) is 0.278. The Morgan fingerprint density at radius 1 is 1.08 bits per heavy atom. The first kappa shape index (κ1) is 19.3. The van der Waals surface area contributed by atoms with Gasteiger partial charge in [0.05, 0.1) is 10.6 Å². The van der Waals surface area contributed by atoms with Crippen molar-refractivity contribution in [2.24, 2.45) is 0 Å². The van der Waals surface area contributed by atoms with Crippen LogP contribution in [0, 0.1) is 6.92 Å². The number of rotatable bonds is 6. The van der Waals surface area contributed by atoms with Crippen molar-refractivity contribution < 1.29 is 13.2 Å². The van der Waals surface area contributed by atoms with Gasteiger partial charge in [0.1, 0.15) is 6.54 Å². The maximum absolute atomic E-state index is 13.1. The molecule has 0 unspecified atom stereocenters. The molecule has 2 rings (SSSR count). The first-order valence-electron chi connectivity index (χ1n) is 7.84. The number of halogens is 1. The van der Waals surface area contributed by atoms with Crippen molar-refractivity contribution in [3.63, 3.8) is 0 Å². The molecule has 0 heterocycles. The molecular weight excluding hydrogens is 360 g/mol. The van der Waals surface area contributed by atoms with Crippen LogP contribution in [0.2, 0.25) is 5.02 Å². The van der Waals surface area contributed by atoms with Crippen molar-refractivity contribution in [3.8, 4) is 0 Å². The lowest BCUT2D eigenvalue weighted by molar-refractivity contribution is -0.120. The van der Waals surface area contributed by atoms with E-state index >= 15 is 0 Å². The summed E-state index contributed by atoms with van der Waals surface area (Å²) in [5.74, 6) is -0.374. The quantitative estimate of drug-likeness (QED) is 0.835. The number of nitrogens with zero attached hydrogens (tertiary/aromatic N) is 1. The Labute approximate surface area is 153 Å². The number of hydrogen-bond acceptors (Lipinski definition) is 3. The van der Waals surface area contributed by atoms with Gasteiger partial charge in [-0.05, 0) is 57.2 Å². The van der Waals surface area contributed by atoms with Gasteiger partial charge < -0.3 is 5.32 Å². The highest BCUT2D eigenvalue weighted by atomic mass is 35.5. The van der Waals surface area contributed by atoms with Crippen LogP contribution in [-0.4, -0.2) is 26.9 Å². The van der Waals surface area contributed by atoms with Gasteiger partial charge in [-0.1, -0.05) is 29.3 Å². The number of nitrogens with one attached hydrogen (secondary N) is 1. The van der Waals surface area contributed by atoms with Crippen LogP contribution in [0.4, 0.5) is 5.69 Å². The fourth-order valence-electron chi connectivity index (χ4n) is 2.26. The molecule has 0 spiro atoms. The van der Waals surface area contributed by atoms with E-state index in [1.807, 2.05) is 20.8 Å². The zero-order chi connectivity index (χ0) is 18.6. The number of hydrogen-bond donors (Lipinski definition) is 1. The maximum atomic E-state index is 13.1. The average molecular weight is 381 g/mol. The van der Waals surface area contributed by atoms with Gasteiger partial charge >= 0.3 is 0 Å². The Hall–Kier alpha value is -2.05. The van der Waals surface area contributed by atoms with Crippen LogP contribution in [0.5, 0.6) is 0 Å². The number of sulfonamides is 1. The summed E-state index contributed by atoms with van der Waals surface area (Å²) >= 11 is 5.89. The van der Waals surface area contributed by atoms with Gasteiger partial charge in [0.2, 0.25) is 5.91 Å². The summed E-state index contributed by atoms with van der Waals surface area (Å²) in [6.07, 6.45) is 0. The third kappa shape index (κ3) is 4.96. The van der Waals surface area contributed by atoms with Gasteiger partial charge in [0, 0.05) is 11.1 Å². The lowest BCUT2D eigenvalue weighted by Gasteiger charge is -2.24. The lowest BCUT2D eigenvalue weighted by Crippen LogP contribution is -2.42. The van der Waals surface area contributed by atoms with E-state index in [0.29, 0.717) is 10.7 Å². The summed E-state index contributed by atoms with van der Waals surface area (Å²) in [4.78, 5) is 12.3. The molecule has 0 bridgehead atoms. The fourth-order valence-corrected chi connectivity index (χ4v) is 3.80. The predicted molar refractivity (Wildman–Crippen MR) is 100 cm³/mol. The molecule has 7 heteroatoms. The van der Waals surface area contributed by atoms with Gasteiger partial charge in [-0.25, -0.2) is 8.42 Å². The number of anilines is 1. The normalized spacial score (nSPS) is 11.4. The van der Waals surface area contributed by atoms with Gasteiger partial charge in [-0.3, -0.25) is 9.10 Å². The Bertz CT molecular complexity index is 832. The minimum Gasteiger partial charge on any atom is -0.352 e. The number of amides is 1. The number of benzene rings is 2. The summed E-state index contributed by atoms with van der Waals surface area (Å²) in [6.45, 7) is 5.21. The average Bonchev–Trinajstić information content (AvgIpc) is 2.53. The van der Waals surface area contributed by atoms with E-state index in [0.717, 1.165) is 9.87 Å². The van der Waals surface area contributed by atoms with Crippen molar-refractivity contribution in [1.82, 2.24) is 5.32 Å². The highest BCUT2D eigenvalue weighted by molar-refractivity contribution is 7.92. The Morgan fingerprint density at radius 3 is 2.16 bits per heavy atom. The second-order valence-electron chi connectivity index (χ2n) is 6.02. The van der Waals surface area contributed by atoms with Gasteiger partial charge in [0.25, 0.3) is 10.0 Å². The number of aryl methyl sites for hydroxylation is 1. The van der Waals surface area contributed by atoms with Crippen LogP contribution in [0.25, 0.3) is 0 Å². The molecule has 0 aromatic heterocycles. The molecule has 0 aliphatic heterocycles. The molecule has 2 aromatic carbocycles. The minimum absolute atomic E-state index is 0.0818. The highest BCUT2D eigenvalue weighted by Crippen LogP contribution is 2.25. The molecule has 5 nitrogen and oxygen atoms in total. The molecule has 0 aliphatic rings. The third-order valence-corrected chi connectivity index (χ3v) is 5.50. The number of carbonyl (C=O) groups excluding carboxylic acids is 1. The van der Waals surface area contributed by atoms with E-state index in [1.165, 1.54) is 12.1 Å². The molecular formula is C18H21ClN2O3S. The molecule has 0 radical (unpaired) electrons. The van der Waals surface area contributed by atoms with Crippen molar-refractivity contribution in [2.75, 3.05) is 10.8 Å². The van der Waals surface area contributed by atoms with E-state index in [9.17, 15) is 13.2 Å². The molecule has 0 atom stereocenters. The number of carbonyl (C=O) groups is 1. The monoisotopic (exact) mass is 380 g/mol. The molecule has 0 saturated carbocycles. The van der Waals surface area contributed by atoms with Gasteiger partial charge in [-0.2, -0.15) is 0 Å². The van der Waals surface area contributed by atoms with Crippen LogP contribution in [0.15, 0.2) is 53.4 Å². The second kappa shape index (κ2) is 7.89. The summed E-state index contributed by atoms with van der Waals surface area (Å²) in [7, 11) is -3.89. The standard InChI is InChI=1S/C18H21ClN2O3S/c1-13(2)20-18(22)12-21(16-8-6-15(19)7-9-16)25(23,24)17-10-4-14(3)5-11-17/h4-11,13H,12H2,1-3H3,(H,20,22). The highest BCUT2D eigenvalue weighted by Gasteiger charge is 2.27. The van der Waals surface area contributed by atoms with Crippen molar-refractivity contribution >= 4 is 33.2 Å². The Morgan fingerprint density at radius 2 is 1.64 bits per heavy atom. The summed E-state index contributed by atoms with van der Waals surface area (Å²) in [5.41, 5.74) is 1.33. The first-order chi connectivity index (χ1) is 11.7. The molecule has 1 N–H and O–H groups in total. The zero-order valence-electron chi connectivity index (χ0n) is 14.4. The predicted octanol–water partition coefficient (Wildman–Crippen LogP) is 3.37. The zero-order valence-corrected chi connectivity index (χ0v) is 15.9. The van der Waals surface area contributed by atoms with Crippen molar-refractivity contribution in [1.29, 1.82) is 0 Å². The van der Waals surface area contributed by atoms with Crippen LogP contribution in [0.1, 0.15) is 19.4 Å². The molecule has 0 fully saturated rings. The van der Waals surface area contributed by atoms with E-state index < -0.39 is 10.0 Å². The summed E-state index contributed by atoms with van der Waals surface area (Å²) < 4.78 is 27.2. The third-order valence-electron chi connectivity index (χ3n) is 3.46. The molecule has 134 valence electrons. The minimum atomic E-state index is -3.89. The molecule has 25 heavy (non-hydrogen) atoms. The lowest BCUT2D eigenvalue weighted by atomic mass is 10.2. The molecule has 2 aromatic rings. The van der Waals surface area contributed by atoms with Crippen LogP contribution in [0.3, 0.4) is 0 Å².